The summed E-state index contributed by atoms with van der Waals surface area (Å²) in [7, 11) is 1.86. The molecular formula is C23H37N5O. The molecule has 0 aromatic carbocycles. The predicted molar refractivity (Wildman–Crippen MR) is 122 cm³/mol. The maximum absolute atomic E-state index is 6.14. The van der Waals surface area contributed by atoms with Gasteiger partial charge in [0, 0.05) is 24.3 Å². The molecule has 2 N–H and O–H groups in total. The molecule has 6 nitrogen and oxygen atoms in total. The van der Waals surface area contributed by atoms with Crippen molar-refractivity contribution in [3.05, 3.63) is 23.0 Å². The SMILES string of the molecule is CCc1cc(-c2nc(NC)c(OC(CC)CC)nc2CC)c(C)nc1NC(C)C. The summed E-state index contributed by atoms with van der Waals surface area (Å²) < 4.78 is 6.14. The molecule has 2 rings (SSSR count). The zero-order valence-electron chi connectivity index (χ0n) is 19.3. The molecule has 0 radical (unpaired) electrons. The quantitative estimate of drug-likeness (QED) is 0.557. The third-order valence-corrected chi connectivity index (χ3v) is 5.05. The van der Waals surface area contributed by atoms with Crippen LogP contribution in [-0.2, 0) is 12.8 Å². The molecule has 2 heterocycles. The highest BCUT2D eigenvalue weighted by molar-refractivity contribution is 5.70. The average molecular weight is 400 g/mol. The number of nitrogens with one attached hydrogen (secondary N) is 2. The van der Waals surface area contributed by atoms with Gasteiger partial charge in [-0.1, -0.05) is 27.7 Å². The summed E-state index contributed by atoms with van der Waals surface area (Å²) in [6.07, 6.45) is 3.70. The fraction of sp³-hybridized carbons (Fsp3) is 0.609. The molecule has 0 saturated heterocycles. The van der Waals surface area contributed by atoms with E-state index in [9.17, 15) is 0 Å². The van der Waals surface area contributed by atoms with Gasteiger partial charge in [-0.2, -0.15) is 0 Å². The van der Waals surface area contributed by atoms with Crippen molar-refractivity contribution < 1.29 is 4.74 Å². The Morgan fingerprint density at radius 3 is 2.17 bits per heavy atom. The maximum atomic E-state index is 6.14. The number of rotatable bonds is 10. The fourth-order valence-corrected chi connectivity index (χ4v) is 3.33. The van der Waals surface area contributed by atoms with Crippen LogP contribution in [0.25, 0.3) is 11.3 Å². The van der Waals surface area contributed by atoms with Crippen LogP contribution in [0.2, 0.25) is 0 Å². The van der Waals surface area contributed by atoms with E-state index in [4.69, 9.17) is 19.7 Å². The zero-order chi connectivity index (χ0) is 21.6. The van der Waals surface area contributed by atoms with E-state index in [-0.39, 0.29) is 6.10 Å². The fourth-order valence-electron chi connectivity index (χ4n) is 3.33. The molecule has 160 valence electrons. The average Bonchev–Trinajstić information content (AvgIpc) is 2.71. The second-order valence-corrected chi connectivity index (χ2v) is 7.61. The Bertz CT molecular complexity index is 815. The van der Waals surface area contributed by atoms with Crippen LogP contribution in [0.5, 0.6) is 5.88 Å². The van der Waals surface area contributed by atoms with Crippen LogP contribution in [0, 0.1) is 6.92 Å². The monoisotopic (exact) mass is 399 g/mol. The Morgan fingerprint density at radius 2 is 1.66 bits per heavy atom. The molecule has 0 aliphatic carbocycles. The molecule has 6 heteroatoms. The minimum absolute atomic E-state index is 0.142. The predicted octanol–water partition coefficient (Wildman–Crippen LogP) is 5.40. The lowest BCUT2D eigenvalue weighted by Gasteiger charge is -2.20. The Labute approximate surface area is 175 Å². The van der Waals surface area contributed by atoms with E-state index >= 15 is 0 Å². The highest BCUT2D eigenvalue weighted by atomic mass is 16.5. The Hall–Kier alpha value is -2.37. The van der Waals surface area contributed by atoms with E-state index in [2.05, 4.69) is 58.2 Å². The van der Waals surface area contributed by atoms with E-state index in [1.165, 1.54) is 5.56 Å². The third kappa shape index (κ3) is 5.37. The molecule has 0 amide bonds. The van der Waals surface area contributed by atoms with E-state index in [1.54, 1.807) is 0 Å². The van der Waals surface area contributed by atoms with Crippen molar-refractivity contribution in [2.24, 2.45) is 0 Å². The van der Waals surface area contributed by atoms with Gasteiger partial charge in [-0.3, -0.25) is 0 Å². The van der Waals surface area contributed by atoms with Crippen molar-refractivity contribution in [3.8, 4) is 17.1 Å². The van der Waals surface area contributed by atoms with Crippen LogP contribution in [0.15, 0.2) is 6.07 Å². The number of aryl methyl sites for hydroxylation is 3. The van der Waals surface area contributed by atoms with Crippen LogP contribution >= 0.6 is 0 Å². The van der Waals surface area contributed by atoms with E-state index < -0.39 is 0 Å². The smallest absolute Gasteiger partial charge is 0.257 e. The van der Waals surface area contributed by atoms with Crippen LogP contribution in [0.4, 0.5) is 11.6 Å². The van der Waals surface area contributed by atoms with Crippen molar-refractivity contribution in [1.82, 2.24) is 15.0 Å². The van der Waals surface area contributed by atoms with Gasteiger partial charge in [-0.25, -0.2) is 15.0 Å². The third-order valence-electron chi connectivity index (χ3n) is 5.05. The topological polar surface area (TPSA) is 72.0 Å². The summed E-state index contributed by atoms with van der Waals surface area (Å²) in [6, 6.07) is 2.54. The molecule has 0 saturated carbocycles. The Morgan fingerprint density at radius 1 is 0.966 bits per heavy atom. The lowest BCUT2D eigenvalue weighted by molar-refractivity contribution is 0.185. The number of aromatic nitrogens is 3. The standard InChI is InChI=1S/C23H37N5O/c1-9-16-13-18(15(7)26-21(16)25-14(5)6)20-19(12-4)27-23(22(24-8)28-20)29-17(10-2)11-3/h13-14,17H,9-12H2,1-8H3,(H,24,28)(H,25,26). The van der Waals surface area contributed by atoms with Gasteiger partial charge in [0.15, 0.2) is 5.82 Å². The van der Waals surface area contributed by atoms with Gasteiger partial charge >= 0.3 is 0 Å². The van der Waals surface area contributed by atoms with Crippen molar-refractivity contribution >= 4 is 11.6 Å². The van der Waals surface area contributed by atoms with E-state index in [0.29, 0.717) is 17.7 Å². The molecule has 0 aliphatic heterocycles. The Kier molecular flexibility index (Phi) is 8.23. The maximum Gasteiger partial charge on any atom is 0.257 e. The van der Waals surface area contributed by atoms with Gasteiger partial charge in [-0.05, 0) is 58.1 Å². The lowest BCUT2D eigenvalue weighted by atomic mass is 10.0. The minimum atomic E-state index is 0.142. The number of ether oxygens (including phenoxy) is 1. The molecule has 0 atom stereocenters. The first-order chi connectivity index (χ1) is 13.9. The number of hydrogen-bond acceptors (Lipinski definition) is 6. The summed E-state index contributed by atoms with van der Waals surface area (Å²) >= 11 is 0. The van der Waals surface area contributed by atoms with Gasteiger partial charge in [0.25, 0.3) is 5.88 Å². The summed E-state index contributed by atoms with van der Waals surface area (Å²) in [6.45, 7) is 14.8. The minimum Gasteiger partial charge on any atom is -0.472 e. The van der Waals surface area contributed by atoms with Gasteiger partial charge in [0.1, 0.15) is 11.9 Å². The second kappa shape index (κ2) is 10.4. The molecule has 2 aromatic rings. The van der Waals surface area contributed by atoms with Crippen molar-refractivity contribution in [1.29, 1.82) is 0 Å². The number of hydrogen-bond donors (Lipinski definition) is 2. The van der Waals surface area contributed by atoms with Gasteiger partial charge < -0.3 is 15.4 Å². The summed E-state index contributed by atoms with van der Waals surface area (Å²) in [4.78, 5) is 14.6. The molecule has 0 bridgehead atoms. The van der Waals surface area contributed by atoms with Gasteiger partial charge in [0.2, 0.25) is 0 Å². The number of anilines is 2. The van der Waals surface area contributed by atoms with Crippen molar-refractivity contribution in [3.63, 3.8) is 0 Å². The van der Waals surface area contributed by atoms with Crippen LogP contribution in [0.1, 0.15) is 71.3 Å². The van der Waals surface area contributed by atoms with E-state index in [0.717, 1.165) is 54.1 Å². The largest absolute Gasteiger partial charge is 0.472 e. The molecule has 0 aliphatic rings. The Balaban J connectivity index is 2.59. The molecular weight excluding hydrogens is 362 g/mol. The second-order valence-electron chi connectivity index (χ2n) is 7.61. The lowest BCUT2D eigenvalue weighted by Crippen LogP contribution is -2.17. The van der Waals surface area contributed by atoms with Crippen LogP contribution < -0.4 is 15.4 Å². The van der Waals surface area contributed by atoms with Gasteiger partial charge in [0.05, 0.1) is 11.4 Å². The number of nitrogens with zero attached hydrogens (tertiary/aromatic N) is 3. The first kappa shape index (κ1) is 22.9. The molecule has 0 unspecified atom stereocenters. The normalized spacial score (nSPS) is 11.2. The summed E-state index contributed by atoms with van der Waals surface area (Å²) in [5.41, 5.74) is 4.98. The highest BCUT2D eigenvalue weighted by Crippen LogP contribution is 2.32. The summed E-state index contributed by atoms with van der Waals surface area (Å²) in [5, 5.41) is 6.62. The van der Waals surface area contributed by atoms with Crippen LogP contribution in [0.3, 0.4) is 0 Å². The molecule has 29 heavy (non-hydrogen) atoms. The number of pyridine rings is 1. The first-order valence-electron chi connectivity index (χ1n) is 10.9. The molecule has 0 fully saturated rings. The van der Waals surface area contributed by atoms with Crippen LogP contribution in [-0.4, -0.2) is 34.1 Å². The van der Waals surface area contributed by atoms with Crippen molar-refractivity contribution in [2.45, 2.75) is 86.3 Å². The molecule has 0 spiro atoms. The summed E-state index contributed by atoms with van der Waals surface area (Å²) in [5.74, 6) is 2.21. The highest BCUT2D eigenvalue weighted by Gasteiger charge is 2.20. The molecule has 2 aromatic heterocycles. The van der Waals surface area contributed by atoms with E-state index in [1.807, 2.05) is 14.0 Å². The van der Waals surface area contributed by atoms with Gasteiger partial charge in [-0.15, -0.1) is 0 Å². The first-order valence-corrected chi connectivity index (χ1v) is 10.9. The van der Waals surface area contributed by atoms with Crippen molar-refractivity contribution in [2.75, 3.05) is 17.7 Å². The zero-order valence-corrected chi connectivity index (χ0v) is 19.3.